The molecule has 1 heterocycles. The van der Waals surface area contributed by atoms with Crippen LogP contribution in [0.3, 0.4) is 0 Å². The van der Waals surface area contributed by atoms with Gasteiger partial charge in [-0.3, -0.25) is 4.90 Å². The van der Waals surface area contributed by atoms with Gasteiger partial charge in [0.05, 0.1) is 17.7 Å². The molecule has 1 unspecified atom stereocenters. The molecular weight excluding hydrogens is 353 g/mol. The number of halogens is 3. The van der Waals surface area contributed by atoms with E-state index in [4.69, 9.17) is 4.74 Å². The van der Waals surface area contributed by atoms with Crippen LogP contribution in [0.2, 0.25) is 0 Å². The molecule has 0 aliphatic carbocycles. The van der Waals surface area contributed by atoms with Gasteiger partial charge in [0.1, 0.15) is 5.82 Å². The second kappa shape index (κ2) is 6.27. The van der Waals surface area contributed by atoms with Crippen LogP contribution in [0.5, 0.6) is 0 Å². The van der Waals surface area contributed by atoms with Crippen LogP contribution in [-0.2, 0) is 11.3 Å². The first kappa shape index (κ1) is 13.5. The molecule has 1 fully saturated rings. The molecule has 0 amide bonds. The maximum absolute atomic E-state index is 13.4. The van der Waals surface area contributed by atoms with Gasteiger partial charge in [0.2, 0.25) is 0 Å². The summed E-state index contributed by atoms with van der Waals surface area (Å²) in [6.45, 7) is 3.12. The highest BCUT2D eigenvalue weighted by molar-refractivity contribution is 9.10. The second-order valence-electron chi connectivity index (χ2n) is 4.07. The van der Waals surface area contributed by atoms with Crippen molar-refractivity contribution in [3.05, 3.63) is 34.1 Å². The van der Waals surface area contributed by atoms with Crippen LogP contribution in [-0.4, -0.2) is 36.0 Å². The molecule has 1 aromatic carbocycles. The average Bonchev–Trinajstić information content (AvgIpc) is 2.35. The van der Waals surface area contributed by atoms with Crippen LogP contribution in [0.15, 0.2) is 22.7 Å². The van der Waals surface area contributed by atoms with E-state index in [1.165, 1.54) is 6.07 Å². The quantitative estimate of drug-likeness (QED) is 0.762. The minimum atomic E-state index is -0.203. The molecule has 1 atom stereocenters. The largest absolute Gasteiger partial charge is 0.378 e. The fraction of sp³-hybridized carbons (Fsp3) is 0.500. The summed E-state index contributed by atoms with van der Waals surface area (Å²) in [5.41, 5.74) is 0.984. The maximum atomic E-state index is 13.4. The lowest BCUT2D eigenvalue weighted by Gasteiger charge is -2.34. The predicted octanol–water partition coefficient (Wildman–Crippen LogP) is 3.18. The molecule has 0 N–H and O–H groups in total. The van der Waals surface area contributed by atoms with Crippen molar-refractivity contribution in [1.82, 2.24) is 4.90 Å². The third-order valence-electron chi connectivity index (χ3n) is 2.93. The zero-order valence-corrected chi connectivity index (χ0v) is 12.5. The number of benzene rings is 1. The molecule has 1 aromatic rings. The highest BCUT2D eigenvalue weighted by atomic mass is 79.9. The summed E-state index contributed by atoms with van der Waals surface area (Å²) in [6, 6.07) is 5.53. The molecule has 0 saturated carbocycles. The van der Waals surface area contributed by atoms with E-state index in [1.54, 1.807) is 6.07 Å². The Bertz CT molecular complexity index is 389. The van der Waals surface area contributed by atoms with Gasteiger partial charge in [0.15, 0.2) is 0 Å². The lowest BCUT2D eigenvalue weighted by molar-refractivity contribution is -0.00225. The van der Waals surface area contributed by atoms with E-state index < -0.39 is 0 Å². The SMILES string of the molecule is Fc1cccc(CN2CCOCC2CBr)c1Br. The van der Waals surface area contributed by atoms with Crippen LogP contribution in [0, 0.1) is 5.82 Å². The summed E-state index contributed by atoms with van der Waals surface area (Å²) < 4.78 is 19.4. The van der Waals surface area contributed by atoms with E-state index in [9.17, 15) is 4.39 Å². The lowest BCUT2D eigenvalue weighted by Crippen LogP contribution is -2.45. The van der Waals surface area contributed by atoms with E-state index in [1.807, 2.05) is 6.07 Å². The van der Waals surface area contributed by atoms with Crippen molar-refractivity contribution < 1.29 is 9.13 Å². The maximum Gasteiger partial charge on any atom is 0.137 e. The van der Waals surface area contributed by atoms with E-state index in [0.29, 0.717) is 10.5 Å². The highest BCUT2D eigenvalue weighted by Gasteiger charge is 2.22. The molecule has 0 aromatic heterocycles. The third kappa shape index (κ3) is 3.28. The molecule has 94 valence electrons. The molecule has 17 heavy (non-hydrogen) atoms. The Morgan fingerprint density at radius 3 is 3.06 bits per heavy atom. The lowest BCUT2D eigenvalue weighted by atomic mass is 10.1. The van der Waals surface area contributed by atoms with E-state index >= 15 is 0 Å². The van der Waals surface area contributed by atoms with Gasteiger partial charge < -0.3 is 4.74 Å². The fourth-order valence-corrected chi connectivity index (χ4v) is 2.91. The standard InChI is InChI=1S/C12H14Br2FNO/c13-6-10-8-17-5-4-16(10)7-9-2-1-3-11(15)12(9)14/h1-3,10H,4-8H2. The molecular formula is C12H14Br2FNO. The van der Waals surface area contributed by atoms with Crippen molar-refractivity contribution in [2.75, 3.05) is 25.1 Å². The normalized spacial score (nSPS) is 21.7. The van der Waals surface area contributed by atoms with Gasteiger partial charge in [0.25, 0.3) is 0 Å². The summed E-state index contributed by atoms with van der Waals surface area (Å²) in [6.07, 6.45) is 0. The molecule has 1 aliphatic rings. The van der Waals surface area contributed by atoms with Crippen molar-refractivity contribution in [3.63, 3.8) is 0 Å². The number of morpholine rings is 1. The Morgan fingerprint density at radius 1 is 1.47 bits per heavy atom. The minimum absolute atomic E-state index is 0.203. The van der Waals surface area contributed by atoms with E-state index in [2.05, 4.69) is 36.8 Å². The molecule has 2 nitrogen and oxygen atoms in total. The van der Waals surface area contributed by atoms with Gasteiger partial charge in [-0.05, 0) is 27.6 Å². The molecule has 2 rings (SSSR count). The number of alkyl halides is 1. The summed E-state index contributed by atoms with van der Waals surface area (Å²) in [5, 5.41) is 0.875. The zero-order valence-electron chi connectivity index (χ0n) is 9.33. The highest BCUT2D eigenvalue weighted by Crippen LogP contribution is 2.23. The molecule has 1 saturated heterocycles. The van der Waals surface area contributed by atoms with Gasteiger partial charge in [-0.2, -0.15) is 0 Å². The summed E-state index contributed by atoms with van der Waals surface area (Å²) in [7, 11) is 0. The number of nitrogens with zero attached hydrogens (tertiary/aromatic N) is 1. The van der Waals surface area contributed by atoms with Gasteiger partial charge in [-0.1, -0.05) is 28.1 Å². The Kier molecular flexibility index (Phi) is 4.97. The predicted molar refractivity (Wildman–Crippen MR) is 72.9 cm³/mol. The number of rotatable bonds is 3. The van der Waals surface area contributed by atoms with Gasteiger partial charge in [-0.25, -0.2) is 4.39 Å². The smallest absolute Gasteiger partial charge is 0.137 e. The molecule has 0 radical (unpaired) electrons. The summed E-state index contributed by atoms with van der Waals surface area (Å²) in [4.78, 5) is 2.32. The number of ether oxygens (including phenoxy) is 1. The number of hydrogen-bond acceptors (Lipinski definition) is 2. The van der Waals surface area contributed by atoms with Gasteiger partial charge in [-0.15, -0.1) is 0 Å². The summed E-state index contributed by atoms with van der Waals surface area (Å²) in [5.74, 6) is -0.203. The van der Waals surface area contributed by atoms with Gasteiger partial charge in [0, 0.05) is 24.5 Å². The second-order valence-corrected chi connectivity index (χ2v) is 5.51. The average molecular weight is 367 g/mol. The first-order valence-corrected chi connectivity index (χ1v) is 7.44. The van der Waals surface area contributed by atoms with Crippen molar-refractivity contribution in [2.24, 2.45) is 0 Å². The minimum Gasteiger partial charge on any atom is -0.378 e. The first-order chi connectivity index (χ1) is 8.22. The number of hydrogen-bond donors (Lipinski definition) is 0. The third-order valence-corrected chi connectivity index (χ3v) is 4.57. The van der Waals surface area contributed by atoms with Crippen molar-refractivity contribution >= 4 is 31.9 Å². The fourth-order valence-electron chi connectivity index (χ4n) is 1.93. The Balaban J connectivity index is 2.11. The monoisotopic (exact) mass is 365 g/mol. The summed E-state index contributed by atoms with van der Waals surface area (Å²) >= 11 is 6.79. The first-order valence-electron chi connectivity index (χ1n) is 5.53. The van der Waals surface area contributed by atoms with E-state index in [-0.39, 0.29) is 5.82 Å². The van der Waals surface area contributed by atoms with E-state index in [0.717, 1.165) is 37.2 Å². The Labute approximate surface area is 117 Å². The van der Waals surface area contributed by atoms with Crippen LogP contribution in [0.1, 0.15) is 5.56 Å². The Morgan fingerprint density at radius 2 is 2.29 bits per heavy atom. The van der Waals surface area contributed by atoms with Crippen LogP contribution >= 0.6 is 31.9 Å². The molecule has 1 aliphatic heterocycles. The topological polar surface area (TPSA) is 12.5 Å². The molecule has 0 spiro atoms. The van der Waals surface area contributed by atoms with Crippen LogP contribution in [0.4, 0.5) is 4.39 Å². The Hall–Kier alpha value is 0.0300. The zero-order chi connectivity index (χ0) is 12.3. The molecule has 0 bridgehead atoms. The van der Waals surface area contributed by atoms with Crippen molar-refractivity contribution in [2.45, 2.75) is 12.6 Å². The van der Waals surface area contributed by atoms with Gasteiger partial charge >= 0.3 is 0 Å². The van der Waals surface area contributed by atoms with Crippen molar-refractivity contribution in [1.29, 1.82) is 0 Å². The molecule has 5 heteroatoms. The van der Waals surface area contributed by atoms with Crippen LogP contribution in [0.25, 0.3) is 0 Å². The van der Waals surface area contributed by atoms with Crippen LogP contribution < -0.4 is 0 Å². The van der Waals surface area contributed by atoms with Crippen molar-refractivity contribution in [3.8, 4) is 0 Å².